The minimum atomic E-state index is 0.0983. The molecule has 4 nitrogen and oxygen atoms in total. The summed E-state index contributed by atoms with van der Waals surface area (Å²) in [7, 11) is 1.97. The predicted molar refractivity (Wildman–Crippen MR) is 105 cm³/mol. The zero-order chi connectivity index (χ0) is 18.9. The fraction of sp³-hybridized carbons (Fsp3) is 0.545. The van der Waals surface area contributed by atoms with Crippen molar-refractivity contribution in [2.75, 3.05) is 13.1 Å². The van der Waals surface area contributed by atoms with Crippen molar-refractivity contribution in [2.45, 2.75) is 52.5 Å². The number of carbonyl (C=O) groups excluding carboxylic acids is 1. The van der Waals surface area contributed by atoms with E-state index in [1.54, 1.807) is 0 Å². The predicted octanol–water partition coefficient (Wildman–Crippen LogP) is 4.12. The summed E-state index contributed by atoms with van der Waals surface area (Å²) in [6.45, 7) is 11.5. The second-order valence-electron chi connectivity index (χ2n) is 8.64. The first-order chi connectivity index (χ1) is 12.3. The smallest absolute Gasteiger partial charge is 0.167 e. The van der Waals surface area contributed by atoms with Crippen LogP contribution in [0.3, 0.4) is 0 Å². The van der Waals surface area contributed by atoms with Crippen molar-refractivity contribution in [1.29, 1.82) is 0 Å². The fourth-order valence-electron chi connectivity index (χ4n) is 3.72. The molecule has 0 aliphatic carbocycles. The zero-order valence-corrected chi connectivity index (χ0v) is 16.7. The lowest BCUT2D eigenvalue weighted by Gasteiger charge is -2.32. The second-order valence-corrected chi connectivity index (χ2v) is 8.64. The van der Waals surface area contributed by atoms with E-state index in [1.807, 2.05) is 30.1 Å². The molecule has 0 saturated carbocycles. The molecule has 26 heavy (non-hydrogen) atoms. The Bertz CT molecular complexity index is 768. The van der Waals surface area contributed by atoms with E-state index < -0.39 is 0 Å². The van der Waals surface area contributed by atoms with Gasteiger partial charge in [0.15, 0.2) is 5.78 Å². The Morgan fingerprint density at radius 2 is 1.92 bits per heavy atom. The molecule has 0 spiro atoms. The zero-order valence-electron chi connectivity index (χ0n) is 16.7. The van der Waals surface area contributed by atoms with Crippen molar-refractivity contribution >= 4 is 5.78 Å². The highest BCUT2D eigenvalue weighted by atomic mass is 16.1. The summed E-state index contributed by atoms with van der Waals surface area (Å²) in [5.74, 6) is 0.388. The first kappa shape index (κ1) is 18.8. The number of Topliss-reactive ketones (excluding diaryl/α,β-unsaturated/α-hetero) is 1. The molecule has 0 N–H and O–H groups in total. The number of aromatic nitrogens is 2. The van der Waals surface area contributed by atoms with Crippen LogP contribution in [0.15, 0.2) is 30.5 Å². The van der Waals surface area contributed by atoms with Gasteiger partial charge in [0, 0.05) is 42.9 Å². The number of rotatable bonds is 4. The Morgan fingerprint density at radius 3 is 2.50 bits per heavy atom. The SMILES string of the molecule is Cc1c(CN2CCC[C@@H](C(=O)c3ccc(C(C)(C)C)cc3)C2)cnn1C. The number of aryl methyl sites for hydroxylation is 1. The van der Waals surface area contributed by atoms with Crippen molar-refractivity contribution in [1.82, 2.24) is 14.7 Å². The Kier molecular flexibility index (Phi) is 5.33. The maximum Gasteiger partial charge on any atom is 0.167 e. The van der Waals surface area contributed by atoms with Gasteiger partial charge in [-0.3, -0.25) is 14.4 Å². The van der Waals surface area contributed by atoms with Crippen LogP contribution in [-0.4, -0.2) is 33.6 Å². The Morgan fingerprint density at radius 1 is 1.23 bits per heavy atom. The first-order valence-corrected chi connectivity index (χ1v) is 9.60. The molecule has 1 saturated heterocycles. The van der Waals surface area contributed by atoms with Gasteiger partial charge in [0.1, 0.15) is 0 Å². The molecule has 1 aliphatic rings. The first-order valence-electron chi connectivity index (χ1n) is 9.60. The highest BCUT2D eigenvalue weighted by molar-refractivity contribution is 5.98. The van der Waals surface area contributed by atoms with E-state index in [4.69, 9.17) is 0 Å². The third kappa shape index (κ3) is 4.07. The molecule has 1 fully saturated rings. The largest absolute Gasteiger partial charge is 0.298 e. The van der Waals surface area contributed by atoms with Crippen LogP contribution in [0.25, 0.3) is 0 Å². The van der Waals surface area contributed by atoms with Gasteiger partial charge in [0.05, 0.1) is 6.20 Å². The average Bonchev–Trinajstić information content (AvgIpc) is 2.93. The number of carbonyl (C=O) groups is 1. The molecule has 1 aromatic heterocycles. The topological polar surface area (TPSA) is 38.1 Å². The van der Waals surface area contributed by atoms with Gasteiger partial charge in [-0.1, -0.05) is 45.0 Å². The molecule has 0 amide bonds. The van der Waals surface area contributed by atoms with Crippen molar-refractivity contribution in [3.8, 4) is 0 Å². The van der Waals surface area contributed by atoms with Crippen LogP contribution in [-0.2, 0) is 19.0 Å². The van der Waals surface area contributed by atoms with Gasteiger partial charge in [-0.2, -0.15) is 5.10 Å². The quantitative estimate of drug-likeness (QED) is 0.776. The summed E-state index contributed by atoms with van der Waals surface area (Å²) in [6, 6.07) is 8.22. The average molecular weight is 354 g/mol. The van der Waals surface area contributed by atoms with Crippen LogP contribution in [0.1, 0.15) is 60.8 Å². The fourth-order valence-corrected chi connectivity index (χ4v) is 3.72. The molecule has 1 aliphatic heterocycles. The van der Waals surface area contributed by atoms with Crippen LogP contribution in [0, 0.1) is 12.8 Å². The van der Waals surface area contributed by atoms with Gasteiger partial charge in [-0.25, -0.2) is 0 Å². The van der Waals surface area contributed by atoms with E-state index >= 15 is 0 Å². The summed E-state index contributed by atoms with van der Waals surface area (Å²) < 4.78 is 1.92. The number of hydrogen-bond acceptors (Lipinski definition) is 3. The van der Waals surface area contributed by atoms with Crippen molar-refractivity contribution in [2.24, 2.45) is 13.0 Å². The van der Waals surface area contributed by atoms with Crippen molar-refractivity contribution in [3.05, 3.63) is 52.8 Å². The van der Waals surface area contributed by atoms with E-state index in [9.17, 15) is 4.79 Å². The lowest BCUT2D eigenvalue weighted by Crippen LogP contribution is -2.38. The third-order valence-electron chi connectivity index (χ3n) is 5.64. The van der Waals surface area contributed by atoms with E-state index in [1.165, 1.54) is 16.8 Å². The molecule has 3 rings (SSSR count). The Hall–Kier alpha value is -1.94. The van der Waals surface area contributed by atoms with Gasteiger partial charge in [0.2, 0.25) is 0 Å². The van der Waals surface area contributed by atoms with E-state index in [0.717, 1.165) is 38.0 Å². The van der Waals surface area contributed by atoms with Gasteiger partial charge in [-0.05, 0) is 37.3 Å². The van der Waals surface area contributed by atoms with Crippen LogP contribution < -0.4 is 0 Å². The molecule has 1 atom stereocenters. The lowest BCUT2D eigenvalue weighted by atomic mass is 9.85. The summed E-state index contributed by atoms with van der Waals surface area (Å²) in [4.78, 5) is 15.4. The molecule has 0 bridgehead atoms. The standard InChI is InChI=1S/C22H31N3O/c1-16-19(13-23-24(16)5)15-25-12-6-7-18(14-25)21(26)17-8-10-20(11-9-17)22(2,3)4/h8-11,13,18H,6-7,12,14-15H2,1-5H3/t18-/m1/s1. The van der Waals surface area contributed by atoms with Crippen molar-refractivity contribution in [3.63, 3.8) is 0 Å². The maximum atomic E-state index is 13.0. The molecule has 1 aromatic carbocycles. The lowest BCUT2D eigenvalue weighted by molar-refractivity contribution is 0.0811. The summed E-state index contributed by atoms with van der Waals surface area (Å²) in [6.07, 6.45) is 4.02. The van der Waals surface area contributed by atoms with Crippen LogP contribution in [0.4, 0.5) is 0 Å². The van der Waals surface area contributed by atoms with Gasteiger partial charge < -0.3 is 0 Å². The number of nitrogens with zero attached hydrogens (tertiary/aromatic N) is 3. The van der Waals surface area contributed by atoms with Crippen molar-refractivity contribution < 1.29 is 4.79 Å². The number of ketones is 1. The molecule has 140 valence electrons. The second kappa shape index (κ2) is 7.36. The van der Waals surface area contributed by atoms with E-state index in [-0.39, 0.29) is 17.1 Å². The van der Waals surface area contributed by atoms with Gasteiger partial charge in [-0.15, -0.1) is 0 Å². The maximum absolute atomic E-state index is 13.0. The molecule has 2 aromatic rings. The number of benzene rings is 1. The number of piperidine rings is 1. The minimum absolute atomic E-state index is 0.0983. The Labute approximate surface area is 157 Å². The summed E-state index contributed by atoms with van der Waals surface area (Å²) in [5, 5.41) is 4.33. The highest BCUT2D eigenvalue weighted by Crippen LogP contribution is 2.26. The summed E-state index contributed by atoms with van der Waals surface area (Å²) >= 11 is 0. The number of likely N-dealkylation sites (tertiary alicyclic amines) is 1. The van der Waals surface area contributed by atoms with Crippen LogP contribution in [0.2, 0.25) is 0 Å². The summed E-state index contributed by atoms with van der Waals surface area (Å²) in [5.41, 5.74) is 4.70. The van der Waals surface area contributed by atoms with E-state index in [2.05, 4.69) is 49.8 Å². The van der Waals surface area contributed by atoms with Gasteiger partial charge >= 0.3 is 0 Å². The normalized spacial score (nSPS) is 18.9. The monoisotopic (exact) mass is 353 g/mol. The highest BCUT2D eigenvalue weighted by Gasteiger charge is 2.27. The molecule has 2 heterocycles. The molecular formula is C22H31N3O. The number of hydrogen-bond donors (Lipinski definition) is 0. The minimum Gasteiger partial charge on any atom is -0.298 e. The molecule has 0 unspecified atom stereocenters. The van der Waals surface area contributed by atoms with Crippen LogP contribution >= 0.6 is 0 Å². The molecule has 0 radical (unpaired) electrons. The van der Waals surface area contributed by atoms with Crippen LogP contribution in [0.5, 0.6) is 0 Å². The van der Waals surface area contributed by atoms with E-state index in [0.29, 0.717) is 0 Å². The molecular weight excluding hydrogens is 322 g/mol. The molecule has 4 heteroatoms. The van der Waals surface area contributed by atoms with Gasteiger partial charge in [0.25, 0.3) is 0 Å². The Balaban J connectivity index is 1.67. The third-order valence-corrected chi connectivity index (χ3v) is 5.64.